The molecule has 0 radical (unpaired) electrons. The lowest BCUT2D eigenvalue weighted by atomic mass is 10.0. The van der Waals surface area contributed by atoms with Gasteiger partial charge in [-0.2, -0.15) is 4.31 Å². The van der Waals surface area contributed by atoms with Crippen LogP contribution in [-0.4, -0.2) is 46.6 Å². The highest BCUT2D eigenvalue weighted by Crippen LogP contribution is 2.40. The minimum Gasteiger partial charge on any atom is -0.501 e. The molecule has 0 N–H and O–H groups in total. The molecule has 1 aromatic heterocycles. The molecule has 1 atom stereocenters. The van der Waals surface area contributed by atoms with Gasteiger partial charge in [-0.05, 0) is 37.0 Å². The number of hydrogen-bond donors (Lipinski definition) is 0. The van der Waals surface area contributed by atoms with Gasteiger partial charge in [-0.25, -0.2) is 8.42 Å². The van der Waals surface area contributed by atoms with E-state index in [0.29, 0.717) is 30.3 Å². The molecule has 0 fully saturated rings. The maximum atomic E-state index is 12.8. The molecule has 0 spiro atoms. The maximum Gasteiger partial charge on any atom is 0.252 e. The zero-order valence-electron chi connectivity index (χ0n) is 13.5. The van der Waals surface area contributed by atoms with Gasteiger partial charge in [0.2, 0.25) is 0 Å². The lowest BCUT2D eigenvalue weighted by Crippen LogP contribution is -2.39. The van der Waals surface area contributed by atoms with Crippen molar-refractivity contribution >= 4 is 27.4 Å². The van der Waals surface area contributed by atoms with Crippen LogP contribution in [0.15, 0.2) is 16.0 Å². The topological polar surface area (TPSA) is 55.8 Å². The second-order valence-corrected chi connectivity index (χ2v) is 8.68. The van der Waals surface area contributed by atoms with Gasteiger partial charge < -0.3 is 9.47 Å². The highest BCUT2D eigenvalue weighted by molar-refractivity contribution is 7.91. The summed E-state index contributed by atoms with van der Waals surface area (Å²) in [4.78, 5) is 0.915. The van der Waals surface area contributed by atoms with Crippen LogP contribution >= 0.6 is 11.3 Å². The average molecular weight is 345 g/mol. The molecule has 1 unspecified atom stereocenters. The van der Waals surface area contributed by atoms with Gasteiger partial charge in [-0.15, -0.1) is 11.3 Å². The number of allylic oxidation sites excluding steroid dienone is 1. The monoisotopic (exact) mass is 345 g/mol. The van der Waals surface area contributed by atoms with E-state index in [0.717, 1.165) is 16.2 Å². The summed E-state index contributed by atoms with van der Waals surface area (Å²) in [7, 11) is -0.158. The summed E-state index contributed by atoms with van der Waals surface area (Å²) in [6.45, 7) is 5.52. The van der Waals surface area contributed by atoms with Crippen LogP contribution in [0.5, 0.6) is 0 Å². The Morgan fingerprint density at radius 2 is 2.23 bits per heavy atom. The van der Waals surface area contributed by atoms with Gasteiger partial charge in [0.05, 0.1) is 12.9 Å². The lowest BCUT2D eigenvalue weighted by Gasteiger charge is -2.30. The summed E-state index contributed by atoms with van der Waals surface area (Å²) in [6, 6.07) is 1.97. The molecule has 0 saturated heterocycles. The minimum atomic E-state index is -3.39. The molecule has 1 aromatic rings. The number of ether oxygens (including phenoxy) is 2. The number of methoxy groups -OCH3 is 2. The summed E-state index contributed by atoms with van der Waals surface area (Å²) in [5.74, 6) is 0.961. The Kier molecular flexibility index (Phi) is 5.65. The molecule has 0 bridgehead atoms. The zero-order chi connectivity index (χ0) is 16.3. The molecule has 0 aromatic carbocycles. The number of fused-ring (bicyclic) bond motifs is 1. The predicted molar refractivity (Wildman–Crippen MR) is 88.6 cm³/mol. The third kappa shape index (κ3) is 3.53. The van der Waals surface area contributed by atoms with Crippen LogP contribution in [0.3, 0.4) is 0 Å². The van der Waals surface area contributed by atoms with Crippen molar-refractivity contribution in [1.29, 1.82) is 0 Å². The third-order valence-corrected chi connectivity index (χ3v) is 7.24. The van der Waals surface area contributed by atoms with E-state index in [4.69, 9.17) is 9.47 Å². The Bertz CT molecular complexity index is 648. The van der Waals surface area contributed by atoms with Crippen LogP contribution in [0, 0.1) is 0 Å². The Morgan fingerprint density at radius 3 is 2.86 bits per heavy atom. The fraction of sp³-hybridized carbons (Fsp3) is 0.600. The van der Waals surface area contributed by atoms with E-state index in [1.165, 1.54) is 11.3 Å². The molecule has 2 rings (SSSR count). The first-order valence-electron chi connectivity index (χ1n) is 7.25. The molecular formula is C15H23NO4S2. The van der Waals surface area contributed by atoms with Crippen LogP contribution in [0.1, 0.15) is 36.6 Å². The molecule has 7 heteroatoms. The highest BCUT2D eigenvalue weighted by atomic mass is 32.2. The molecule has 1 aliphatic heterocycles. The molecule has 0 saturated carbocycles. The van der Waals surface area contributed by atoms with E-state index >= 15 is 0 Å². The molecule has 0 amide bonds. The third-order valence-electron chi connectivity index (χ3n) is 3.75. The largest absolute Gasteiger partial charge is 0.501 e. The predicted octanol–water partition coefficient (Wildman–Crippen LogP) is 2.90. The molecule has 1 aliphatic rings. The van der Waals surface area contributed by atoms with E-state index < -0.39 is 10.0 Å². The lowest BCUT2D eigenvalue weighted by molar-refractivity contribution is 0.186. The van der Waals surface area contributed by atoms with Gasteiger partial charge in [0, 0.05) is 31.7 Å². The van der Waals surface area contributed by atoms with Crippen molar-refractivity contribution < 1.29 is 17.9 Å². The van der Waals surface area contributed by atoms with Crippen molar-refractivity contribution in [3.8, 4) is 0 Å². The van der Waals surface area contributed by atoms with Crippen molar-refractivity contribution in [3.05, 3.63) is 22.3 Å². The number of nitrogens with zero attached hydrogens (tertiary/aromatic N) is 1. The average Bonchev–Trinajstić information content (AvgIpc) is 2.90. The Balaban J connectivity index is 2.32. The van der Waals surface area contributed by atoms with Crippen LogP contribution in [0.4, 0.5) is 0 Å². The molecule has 124 valence electrons. The normalized spacial score (nSPS) is 21.6. The highest BCUT2D eigenvalue weighted by Gasteiger charge is 2.36. The number of hydrogen-bond acceptors (Lipinski definition) is 5. The van der Waals surface area contributed by atoms with E-state index in [1.807, 2.05) is 19.1 Å². The first-order valence-corrected chi connectivity index (χ1v) is 9.51. The fourth-order valence-corrected chi connectivity index (χ4v) is 6.11. The van der Waals surface area contributed by atoms with Crippen molar-refractivity contribution in [1.82, 2.24) is 4.31 Å². The van der Waals surface area contributed by atoms with Gasteiger partial charge in [0.1, 0.15) is 4.21 Å². The Hall–Kier alpha value is -0.890. The molecule has 2 heterocycles. The molecular weight excluding hydrogens is 322 g/mol. The summed E-state index contributed by atoms with van der Waals surface area (Å²) in [5, 5.41) is 0. The molecule has 0 aliphatic carbocycles. The number of thiophene rings is 1. The molecule has 22 heavy (non-hydrogen) atoms. The van der Waals surface area contributed by atoms with Gasteiger partial charge in [0.25, 0.3) is 10.0 Å². The summed E-state index contributed by atoms with van der Waals surface area (Å²) in [6.07, 6.45) is 2.58. The zero-order valence-corrected chi connectivity index (χ0v) is 15.1. The number of rotatable bonds is 6. The van der Waals surface area contributed by atoms with Crippen LogP contribution < -0.4 is 0 Å². The summed E-state index contributed by atoms with van der Waals surface area (Å²) >= 11 is 1.32. The second kappa shape index (κ2) is 7.12. The van der Waals surface area contributed by atoms with Gasteiger partial charge in [-0.1, -0.05) is 6.92 Å². The van der Waals surface area contributed by atoms with Crippen molar-refractivity contribution in [3.63, 3.8) is 0 Å². The van der Waals surface area contributed by atoms with Crippen molar-refractivity contribution in [2.45, 2.75) is 30.4 Å². The van der Waals surface area contributed by atoms with E-state index in [2.05, 4.69) is 6.92 Å². The first kappa shape index (κ1) is 17.5. The minimum absolute atomic E-state index is 0.197. The van der Waals surface area contributed by atoms with E-state index in [1.54, 1.807) is 18.5 Å². The second-order valence-electron chi connectivity index (χ2n) is 5.46. The van der Waals surface area contributed by atoms with Crippen molar-refractivity contribution in [2.24, 2.45) is 0 Å². The van der Waals surface area contributed by atoms with Crippen LogP contribution in [-0.2, 0) is 19.5 Å². The van der Waals surface area contributed by atoms with Gasteiger partial charge in [-0.3, -0.25) is 0 Å². The first-order chi connectivity index (χ1) is 10.4. The molecule has 5 nitrogen and oxygen atoms in total. The standard InChI is InChI=1S/C15H23NO4S2/c1-11-10-16(6-5-7-19-3)22(17,18)15-14(11)9-13(21-15)8-12(2)20-4/h8-9,11H,5-7,10H2,1-4H3. The van der Waals surface area contributed by atoms with Gasteiger partial charge in [0.15, 0.2) is 0 Å². The summed E-state index contributed by atoms with van der Waals surface area (Å²) < 4.78 is 37.7. The fourth-order valence-electron chi connectivity index (χ4n) is 2.50. The van der Waals surface area contributed by atoms with E-state index in [-0.39, 0.29) is 5.92 Å². The summed E-state index contributed by atoms with van der Waals surface area (Å²) in [5.41, 5.74) is 0.920. The quantitative estimate of drug-likeness (QED) is 0.588. The van der Waals surface area contributed by atoms with Crippen molar-refractivity contribution in [2.75, 3.05) is 33.9 Å². The number of sulfonamides is 1. The Morgan fingerprint density at radius 1 is 1.50 bits per heavy atom. The maximum absolute atomic E-state index is 12.8. The van der Waals surface area contributed by atoms with E-state index in [9.17, 15) is 8.42 Å². The van der Waals surface area contributed by atoms with Crippen LogP contribution in [0.2, 0.25) is 0 Å². The van der Waals surface area contributed by atoms with Gasteiger partial charge >= 0.3 is 0 Å². The smallest absolute Gasteiger partial charge is 0.252 e. The SMILES string of the molecule is COCCCN1CC(C)c2cc(C=C(C)OC)sc2S1(=O)=O. The van der Waals surface area contributed by atoms with Crippen LogP contribution in [0.25, 0.3) is 6.08 Å². The Labute approximate surface area is 136 Å².